The van der Waals surface area contributed by atoms with Gasteiger partial charge in [0.15, 0.2) is 5.96 Å². The lowest BCUT2D eigenvalue weighted by Gasteiger charge is -2.12. The zero-order valence-electron chi connectivity index (χ0n) is 15.1. The summed E-state index contributed by atoms with van der Waals surface area (Å²) in [6.45, 7) is 7.65. The van der Waals surface area contributed by atoms with Crippen LogP contribution in [0.4, 0.5) is 0 Å². The number of nitrogens with one attached hydrogen (secondary N) is 2. The molecule has 1 heterocycles. The molecule has 0 atom stereocenters. The van der Waals surface area contributed by atoms with Crippen LogP contribution in [0, 0.1) is 0 Å². The van der Waals surface area contributed by atoms with Crippen LogP contribution in [0.1, 0.15) is 17.4 Å². The summed E-state index contributed by atoms with van der Waals surface area (Å²) in [5.41, 5.74) is 0.962. The van der Waals surface area contributed by atoms with Crippen LogP contribution in [0.25, 0.3) is 0 Å². The first kappa shape index (κ1) is 20.9. The monoisotopic (exact) mass is 408 g/mol. The molecule has 1 aromatic carbocycles. The van der Waals surface area contributed by atoms with Crippen molar-refractivity contribution in [1.82, 2.24) is 10.6 Å². The lowest BCUT2D eigenvalue weighted by atomic mass is 10.2. The van der Waals surface area contributed by atoms with Gasteiger partial charge in [-0.25, -0.2) is 18.5 Å². The maximum Gasteiger partial charge on any atom is 0.247 e. The SMILES string of the molecule is C=CCOc1ccccc1CN=C(NCC)NCc1ccc(S(N)(=O)=O)s1. The Labute approximate surface area is 164 Å². The number of nitrogens with zero attached hydrogens (tertiary/aromatic N) is 1. The van der Waals surface area contributed by atoms with Crippen LogP contribution >= 0.6 is 11.3 Å². The summed E-state index contributed by atoms with van der Waals surface area (Å²) in [6.07, 6.45) is 1.70. The molecule has 1 aromatic heterocycles. The molecule has 7 nitrogen and oxygen atoms in total. The standard InChI is InChI=1S/C18H24N4O3S2/c1-3-11-25-16-8-6-5-7-14(16)12-21-18(20-4-2)22-13-15-9-10-17(26-15)27(19,23)24/h3,5-10H,1,4,11-13H2,2H3,(H2,19,23,24)(H2,20,21,22). The average molecular weight is 409 g/mol. The summed E-state index contributed by atoms with van der Waals surface area (Å²) in [7, 11) is -3.67. The van der Waals surface area contributed by atoms with Crippen molar-refractivity contribution >= 4 is 27.3 Å². The zero-order valence-corrected chi connectivity index (χ0v) is 16.8. The molecular formula is C18H24N4O3S2. The molecule has 0 fully saturated rings. The predicted octanol–water partition coefficient (Wildman–Crippen LogP) is 2.22. The first-order valence-corrected chi connectivity index (χ1v) is 10.8. The number of rotatable bonds is 9. The summed E-state index contributed by atoms with van der Waals surface area (Å²) in [4.78, 5) is 5.42. The second kappa shape index (κ2) is 10.1. The number of para-hydroxylation sites is 1. The Bertz CT molecular complexity index is 892. The molecule has 0 aliphatic carbocycles. The first-order valence-electron chi connectivity index (χ1n) is 8.39. The van der Waals surface area contributed by atoms with E-state index in [9.17, 15) is 8.42 Å². The van der Waals surface area contributed by atoms with Gasteiger partial charge < -0.3 is 15.4 Å². The van der Waals surface area contributed by atoms with E-state index in [0.29, 0.717) is 32.2 Å². The minimum atomic E-state index is -3.67. The third-order valence-corrected chi connectivity index (χ3v) is 5.95. The molecule has 0 aliphatic rings. The number of benzene rings is 1. The minimum absolute atomic E-state index is 0.148. The normalized spacial score (nSPS) is 11.9. The minimum Gasteiger partial charge on any atom is -0.489 e. The fourth-order valence-electron chi connectivity index (χ4n) is 2.21. The van der Waals surface area contributed by atoms with Crippen LogP contribution < -0.4 is 20.5 Å². The smallest absolute Gasteiger partial charge is 0.247 e. The molecule has 0 spiro atoms. The third-order valence-electron chi connectivity index (χ3n) is 3.43. The van der Waals surface area contributed by atoms with E-state index in [1.807, 2.05) is 31.2 Å². The number of nitrogens with two attached hydrogens (primary N) is 1. The van der Waals surface area contributed by atoms with Gasteiger partial charge in [0.2, 0.25) is 10.0 Å². The van der Waals surface area contributed by atoms with E-state index in [1.165, 1.54) is 6.07 Å². The highest BCUT2D eigenvalue weighted by Gasteiger charge is 2.11. The molecule has 27 heavy (non-hydrogen) atoms. The van der Waals surface area contributed by atoms with E-state index in [1.54, 1.807) is 12.1 Å². The lowest BCUT2D eigenvalue weighted by Crippen LogP contribution is -2.36. The van der Waals surface area contributed by atoms with Gasteiger partial charge in [-0.1, -0.05) is 30.9 Å². The molecule has 2 aromatic rings. The second-order valence-corrected chi connectivity index (χ2v) is 8.48. The van der Waals surface area contributed by atoms with Crippen molar-refractivity contribution in [1.29, 1.82) is 0 Å². The number of aliphatic imine (C=N–C) groups is 1. The Kier molecular flexibility index (Phi) is 7.83. The van der Waals surface area contributed by atoms with Gasteiger partial charge in [-0.05, 0) is 25.1 Å². The molecule has 9 heteroatoms. The molecule has 0 amide bonds. The second-order valence-electron chi connectivity index (χ2n) is 5.52. The summed E-state index contributed by atoms with van der Waals surface area (Å²) in [5, 5.41) is 11.5. The maximum atomic E-state index is 11.4. The molecule has 0 radical (unpaired) electrons. The van der Waals surface area contributed by atoms with Gasteiger partial charge in [-0.2, -0.15) is 0 Å². The van der Waals surface area contributed by atoms with Gasteiger partial charge in [-0.15, -0.1) is 11.3 Å². The van der Waals surface area contributed by atoms with Crippen molar-refractivity contribution in [2.24, 2.45) is 10.1 Å². The lowest BCUT2D eigenvalue weighted by molar-refractivity contribution is 0.359. The zero-order chi connectivity index (χ0) is 19.7. The molecule has 0 unspecified atom stereocenters. The van der Waals surface area contributed by atoms with Crippen molar-refractivity contribution in [2.45, 2.75) is 24.2 Å². The Morgan fingerprint density at radius 2 is 2.07 bits per heavy atom. The van der Waals surface area contributed by atoms with E-state index < -0.39 is 10.0 Å². The van der Waals surface area contributed by atoms with E-state index in [2.05, 4.69) is 22.2 Å². The van der Waals surface area contributed by atoms with Crippen molar-refractivity contribution in [3.63, 3.8) is 0 Å². The summed E-state index contributed by atoms with van der Waals surface area (Å²) < 4.78 is 28.5. The molecule has 0 saturated heterocycles. The predicted molar refractivity (Wildman–Crippen MR) is 109 cm³/mol. The molecule has 0 saturated carbocycles. The van der Waals surface area contributed by atoms with Crippen LogP contribution in [-0.2, 0) is 23.1 Å². The molecule has 146 valence electrons. The molecular weight excluding hydrogens is 384 g/mol. The van der Waals surface area contributed by atoms with Crippen LogP contribution in [0.15, 0.2) is 58.3 Å². The maximum absolute atomic E-state index is 11.4. The summed E-state index contributed by atoms with van der Waals surface area (Å²) >= 11 is 1.14. The number of hydrogen-bond donors (Lipinski definition) is 3. The van der Waals surface area contributed by atoms with Gasteiger partial charge in [-0.3, -0.25) is 0 Å². The van der Waals surface area contributed by atoms with Crippen molar-refractivity contribution in [2.75, 3.05) is 13.2 Å². The van der Waals surface area contributed by atoms with Gasteiger partial charge in [0.1, 0.15) is 16.6 Å². The third kappa shape index (κ3) is 6.70. The van der Waals surface area contributed by atoms with Gasteiger partial charge in [0.25, 0.3) is 0 Å². The van der Waals surface area contributed by atoms with Crippen LogP contribution in [0.2, 0.25) is 0 Å². The Hall–Kier alpha value is -2.36. The van der Waals surface area contributed by atoms with Crippen molar-refractivity contribution in [3.8, 4) is 5.75 Å². The first-order chi connectivity index (χ1) is 12.9. The fraction of sp³-hybridized carbons (Fsp3) is 0.278. The quantitative estimate of drug-likeness (QED) is 0.335. The molecule has 0 aliphatic heterocycles. The average Bonchev–Trinajstić information content (AvgIpc) is 3.12. The van der Waals surface area contributed by atoms with Crippen LogP contribution in [0.3, 0.4) is 0 Å². The number of ether oxygens (including phenoxy) is 1. The highest BCUT2D eigenvalue weighted by Crippen LogP contribution is 2.20. The van der Waals surface area contributed by atoms with Crippen LogP contribution in [-0.4, -0.2) is 27.5 Å². The Balaban J connectivity index is 2.04. The van der Waals surface area contributed by atoms with Gasteiger partial charge >= 0.3 is 0 Å². The van der Waals surface area contributed by atoms with Gasteiger partial charge in [0.05, 0.1) is 13.1 Å². The molecule has 4 N–H and O–H groups in total. The van der Waals surface area contributed by atoms with Crippen molar-refractivity contribution in [3.05, 3.63) is 59.5 Å². The molecule has 2 rings (SSSR count). The van der Waals surface area contributed by atoms with E-state index in [0.717, 1.165) is 27.5 Å². The number of primary sulfonamides is 1. The topological polar surface area (TPSA) is 106 Å². The highest BCUT2D eigenvalue weighted by molar-refractivity contribution is 7.91. The van der Waals surface area contributed by atoms with Gasteiger partial charge in [0, 0.05) is 17.0 Å². The molecule has 0 bridgehead atoms. The van der Waals surface area contributed by atoms with Crippen LogP contribution in [0.5, 0.6) is 5.75 Å². The fourth-order valence-corrected chi connectivity index (χ4v) is 3.93. The number of hydrogen-bond acceptors (Lipinski definition) is 5. The summed E-state index contributed by atoms with van der Waals surface area (Å²) in [5.74, 6) is 1.40. The highest BCUT2D eigenvalue weighted by atomic mass is 32.2. The Morgan fingerprint density at radius 1 is 1.30 bits per heavy atom. The van der Waals surface area contributed by atoms with E-state index in [-0.39, 0.29) is 4.21 Å². The van der Waals surface area contributed by atoms with Crippen molar-refractivity contribution < 1.29 is 13.2 Å². The Morgan fingerprint density at radius 3 is 2.74 bits per heavy atom. The summed E-state index contributed by atoms with van der Waals surface area (Å²) in [6, 6.07) is 11.0. The number of sulfonamides is 1. The van der Waals surface area contributed by atoms with E-state index in [4.69, 9.17) is 9.88 Å². The van der Waals surface area contributed by atoms with E-state index >= 15 is 0 Å². The number of thiophene rings is 1. The largest absolute Gasteiger partial charge is 0.489 e. The number of guanidine groups is 1.